The zero-order valence-corrected chi connectivity index (χ0v) is 20.2. The Bertz CT molecular complexity index is 1230. The van der Waals surface area contributed by atoms with Crippen molar-refractivity contribution in [1.29, 1.82) is 0 Å². The van der Waals surface area contributed by atoms with Gasteiger partial charge in [0, 0.05) is 20.1 Å². The fourth-order valence-electron chi connectivity index (χ4n) is 4.43. The van der Waals surface area contributed by atoms with Crippen LogP contribution < -0.4 is 4.74 Å². The highest BCUT2D eigenvalue weighted by Crippen LogP contribution is 2.34. The lowest BCUT2D eigenvalue weighted by molar-refractivity contribution is -0.137. The maximum atomic E-state index is 13.6. The third-order valence-corrected chi connectivity index (χ3v) is 6.22. The first kappa shape index (κ1) is 23.3. The van der Waals surface area contributed by atoms with Gasteiger partial charge in [0.25, 0.3) is 11.8 Å². The van der Waals surface area contributed by atoms with E-state index in [2.05, 4.69) is 6.07 Å². The monoisotopic (exact) mass is 454 g/mol. The second kappa shape index (κ2) is 9.96. The van der Waals surface area contributed by atoms with E-state index in [4.69, 9.17) is 4.74 Å². The topological polar surface area (TPSA) is 49.9 Å². The number of ether oxygens (including phenoxy) is 1. The summed E-state index contributed by atoms with van der Waals surface area (Å²) in [7, 11) is 3.51. The lowest BCUT2D eigenvalue weighted by atomic mass is 9.97. The molecule has 0 atom stereocenters. The highest BCUT2D eigenvalue weighted by atomic mass is 16.5. The molecule has 0 aromatic heterocycles. The molecule has 0 bridgehead atoms. The number of hydrogen-bond acceptors (Lipinski definition) is 4. The number of carbonyl (C=O) groups is 2. The van der Waals surface area contributed by atoms with Crippen LogP contribution in [0.1, 0.15) is 27.8 Å². The summed E-state index contributed by atoms with van der Waals surface area (Å²) < 4.78 is 5.22. The van der Waals surface area contributed by atoms with Gasteiger partial charge in [-0.3, -0.25) is 14.5 Å². The van der Waals surface area contributed by atoms with E-state index in [0.29, 0.717) is 30.8 Å². The molecule has 0 radical (unpaired) electrons. The van der Waals surface area contributed by atoms with E-state index < -0.39 is 0 Å². The predicted molar refractivity (Wildman–Crippen MR) is 134 cm³/mol. The van der Waals surface area contributed by atoms with Crippen molar-refractivity contribution in [2.24, 2.45) is 0 Å². The van der Waals surface area contributed by atoms with E-state index in [1.807, 2.05) is 92.5 Å². The van der Waals surface area contributed by atoms with Gasteiger partial charge in [0.05, 0.1) is 12.7 Å². The number of carbonyl (C=O) groups excluding carboxylic acids is 2. The zero-order valence-electron chi connectivity index (χ0n) is 20.2. The fourth-order valence-corrected chi connectivity index (χ4v) is 4.43. The molecule has 1 aliphatic rings. The Balaban J connectivity index is 1.66. The first-order valence-electron chi connectivity index (χ1n) is 11.4. The number of aryl methyl sites for hydroxylation is 2. The van der Waals surface area contributed by atoms with Crippen LogP contribution in [0.25, 0.3) is 5.57 Å². The van der Waals surface area contributed by atoms with E-state index in [0.717, 1.165) is 33.6 Å². The van der Waals surface area contributed by atoms with Gasteiger partial charge >= 0.3 is 0 Å². The molecule has 4 rings (SSSR count). The maximum absolute atomic E-state index is 13.6. The summed E-state index contributed by atoms with van der Waals surface area (Å²) in [6.07, 6.45) is 0.581. The molecule has 1 aliphatic heterocycles. The van der Waals surface area contributed by atoms with Crippen molar-refractivity contribution < 1.29 is 14.3 Å². The average molecular weight is 455 g/mol. The van der Waals surface area contributed by atoms with Gasteiger partial charge < -0.3 is 9.64 Å². The molecule has 5 heteroatoms. The van der Waals surface area contributed by atoms with Crippen LogP contribution in [-0.2, 0) is 22.6 Å². The standard InChI is InChI=1S/C29H30N2O3/c1-20-10-15-25(21(2)18-20)26-27(30(3)19-23-8-6-5-7-9-23)29(33)31(28(26)32)17-16-22-11-13-24(34-4)14-12-22/h5-15,18H,16-17,19H2,1-4H3. The highest BCUT2D eigenvalue weighted by Gasteiger charge is 2.40. The molecule has 0 saturated heterocycles. The minimum Gasteiger partial charge on any atom is -0.497 e. The molecule has 3 aromatic rings. The molecule has 0 N–H and O–H groups in total. The van der Waals surface area contributed by atoms with E-state index >= 15 is 0 Å². The van der Waals surface area contributed by atoms with Crippen LogP contribution in [0.15, 0.2) is 78.5 Å². The Hall–Kier alpha value is -3.86. The van der Waals surface area contributed by atoms with Crippen molar-refractivity contribution in [3.63, 3.8) is 0 Å². The SMILES string of the molecule is COc1ccc(CCN2C(=O)C(c3ccc(C)cc3C)=C(N(C)Cc3ccccc3)C2=O)cc1. The zero-order chi connectivity index (χ0) is 24.2. The van der Waals surface area contributed by atoms with Crippen LogP contribution in [0.4, 0.5) is 0 Å². The molecule has 0 aliphatic carbocycles. The molecule has 0 spiro atoms. The third kappa shape index (κ3) is 4.74. The van der Waals surface area contributed by atoms with Gasteiger partial charge in [-0.15, -0.1) is 0 Å². The van der Waals surface area contributed by atoms with Crippen LogP contribution in [0.5, 0.6) is 5.75 Å². The van der Waals surface area contributed by atoms with Crippen LogP contribution in [0, 0.1) is 13.8 Å². The maximum Gasteiger partial charge on any atom is 0.277 e. The molecule has 1 heterocycles. The number of hydrogen-bond donors (Lipinski definition) is 0. The Morgan fingerprint density at radius 1 is 0.853 bits per heavy atom. The molecule has 5 nitrogen and oxygen atoms in total. The Morgan fingerprint density at radius 3 is 2.21 bits per heavy atom. The molecule has 174 valence electrons. The smallest absolute Gasteiger partial charge is 0.277 e. The van der Waals surface area contributed by atoms with Crippen molar-refractivity contribution in [1.82, 2.24) is 9.80 Å². The van der Waals surface area contributed by atoms with E-state index in [1.54, 1.807) is 7.11 Å². The van der Waals surface area contributed by atoms with Gasteiger partial charge in [-0.2, -0.15) is 0 Å². The predicted octanol–water partition coefficient (Wildman–Crippen LogP) is 4.77. The van der Waals surface area contributed by atoms with E-state index in [9.17, 15) is 9.59 Å². The Labute approximate surface area is 201 Å². The molecule has 0 saturated carbocycles. The summed E-state index contributed by atoms with van der Waals surface area (Å²) in [6, 6.07) is 23.7. The highest BCUT2D eigenvalue weighted by molar-refractivity contribution is 6.35. The quantitative estimate of drug-likeness (QED) is 0.460. The summed E-state index contributed by atoms with van der Waals surface area (Å²) >= 11 is 0. The summed E-state index contributed by atoms with van der Waals surface area (Å²) in [6.45, 7) is 4.87. The molecule has 0 fully saturated rings. The largest absolute Gasteiger partial charge is 0.497 e. The Kier molecular flexibility index (Phi) is 6.82. The third-order valence-electron chi connectivity index (χ3n) is 6.22. The Morgan fingerprint density at radius 2 is 1.56 bits per heavy atom. The van der Waals surface area contributed by atoms with Gasteiger partial charge in [0.15, 0.2) is 0 Å². The number of benzene rings is 3. The number of imide groups is 1. The number of rotatable bonds is 8. The molecule has 2 amide bonds. The number of likely N-dealkylation sites (N-methyl/N-ethyl adjacent to an activating group) is 1. The van der Waals surface area contributed by atoms with Gasteiger partial charge in [0.1, 0.15) is 11.4 Å². The van der Waals surface area contributed by atoms with Crippen LogP contribution in [0.3, 0.4) is 0 Å². The summed E-state index contributed by atoms with van der Waals surface area (Å²) in [4.78, 5) is 30.5. The number of methoxy groups -OCH3 is 1. The lowest BCUT2D eigenvalue weighted by Gasteiger charge is -2.22. The lowest BCUT2D eigenvalue weighted by Crippen LogP contribution is -2.35. The van der Waals surface area contributed by atoms with Crippen LogP contribution in [0.2, 0.25) is 0 Å². The molecular formula is C29H30N2O3. The normalized spacial score (nSPS) is 13.6. The average Bonchev–Trinajstić information content (AvgIpc) is 3.08. The van der Waals surface area contributed by atoms with Gasteiger partial charge in [-0.05, 0) is 54.7 Å². The minimum absolute atomic E-state index is 0.236. The molecule has 34 heavy (non-hydrogen) atoms. The van der Waals surface area contributed by atoms with E-state index in [-0.39, 0.29) is 11.8 Å². The molecular weight excluding hydrogens is 424 g/mol. The van der Waals surface area contributed by atoms with Crippen molar-refractivity contribution >= 4 is 17.4 Å². The van der Waals surface area contributed by atoms with E-state index in [1.165, 1.54) is 4.90 Å². The van der Waals surface area contributed by atoms with Crippen molar-refractivity contribution in [3.05, 3.63) is 106 Å². The van der Waals surface area contributed by atoms with Gasteiger partial charge in [-0.1, -0.05) is 66.2 Å². The summed E-state index contributed by atoms with van der Waals surface area (Å²) in [5.74, 6) is 0.299. The van der Waals surface area contributed by atoms with Crippen LogP contribution >= 0.6 is 0 Å². The van der Waals surface area contributed by atoms with Crippen molar-refractivity contribution in [2.75, 3.05) is 20.7 Å². The first-order chi connectivity index (χ1) is 16.4. The fraction of sp³-hybridized carbons (Fsp3) is 0.241. The second-order valence-corrected chi connectivity index (χ2v) is 8.74. The van der Waals surface area contributed by atoms with Gasteiger partial charge in [0.2, 0.25) is 0 Å². The minimum atomic E-state index is -0.244. The number of nitrogens with zero attached hydrogens (tertiary/aromatic N) is 2. The van der Waals surface area contributed by atoms with Gasteiger partial charge in [-0.25, -0.2) is 0 Å². The second-order valence-electron chi connectivity index (χ2n) is 8.74. The summed E-state index contributed by atoms with van der Waals surface area (Å²) in [5, 5.41) is 0. The van der Waals surface area contributed by atoms with Crippen molar-refractivity contribution in [2.45, 2.75) is 26.8 Å². The first-order valence-corrected chi connectivity index (χ1v) is 11.4. The molecule has 3 aromatic carbocycles. The number of amides is 2. The van der Waals surface area contributed by atoms with Crippen LogP contribution in [-0.4, -0.2) is 42.3 Å². The van der Waals surface area contributed by atoms with Crippen molar-refractivity contribution in [3.8, 4) is 5.75 Å². The summed E-state index contributed by atoms with van der Waals surface area (Å²) in [5.41, 5.74) is 5.97. The molecule has 0 unspecified atom stereocenters.